The minimum Gasteiger partial charge on any atom is -0.393 e. The average Bonchev–Trinajstić information content (AvgIpc) is 2.49. The number of carbonyl (C=O) groups excluding carboxylic acids is 2. The van der Waals surface area contributed by atoms with E-state index in [1.807, 2.05) is 13.8 Å². The van der Waals surface area contributed by atoms with E-state index in [0.717, 1.165) is 5.56 Å². The first kappa shape index (κ1) is 18.9. The molecular weight excluding hydrogens is 292 g/mol. The first-order valence-electron chi connectivity index (χ1n) is 7.69. The van der Waals surface area contributed by atoms with Gasteiger partial charge in [-0.25, -0.2) is 0 Å². The summed E-state index contributed by atoms with van der Waals surface area (Å²) in [7, 11) is 1.58. The maximum Gasteiger partial charge on any atom is 0.251 e. The lowest BCUT2D eigenvalue weighted by Crippen LogP contribution is -2.34. The highest BCUT2D eigenvalue weighted by Crippen LogP contribution is 2.20. The summed E-state index contributed by atoms with van der Waals surface area (Å²) in [6.45, 7) is 6.24. The Hall–Kier alpha value is -2.14. The number of hydrogen-bond donors (Lipinski definition) is 3. The molecule has 0 heterocycles. The summed E-state index contributed by atoms with van der Waals surface area (Å²) >= 11 is 0. The molecule has 0 radical (unpaired) electrons. The third kappa shape index (κ3) is 7.10. The highest BCUT2D eigenvalue weighted by atomic mass is 16.3. The maximum atomic E-state index is 11.8. The van der Waals surface area contributed by atoms with Crippen molar-refractivity contribution in [3.8, 4) is 0 Å². The molecule has 0 aliphatic heterocycles. The summed E-state index contributed by atoms with van der Waals surface area (Å²) in [4.78, 5) is 23.3. The molecule has 0 aliphatic rings. The first-order valence-corrected chi connectivity index (χ1v) is 7.69. The van der Waals surface area contributed by atoms with Gasteiger partial charge >= 0.3 is 0 Å². The first-order chi connectivity index (χ1) is 10.7. The lowest BCUT2D eigenvalue weighted by molar-refractivity contribution is -0.117. The molecule has 1 aromatic carbocycles. The van der Waals surface area contributed by atoms with Crippen molar-refractivity contribution in [3.63, 3.8) is 0 Å². The van der Waals surface area contributed by atoms with Crippen LogP contribution >= 0.6 is 0 Å². The number of aliphatic hydroxyl groups excluding tert-OH is 1. The van der Waals surface area contributed by atoms with Crippen LogP contribution in [0.2, 0.25) is 0 Å². The van der Waals surface area contributed by atoms with Gasteiger partial charge in [-0.2, -0.15) is 0 Å². The van der Waals surface area contributed by atoms with Crippen LogP contribution < -0.4 is 10.6 Å². The van der Waals surface area contributed by atoms with Gasteiger partial charge in [-0.1, -0.05) is 26.0 Å². The van der Waals surface area contributed by atoms with Crippen molar-refractivity contribution in [1.82, 2.24) is 10.6 Å². The van der Waals surface area contributed by atoms with E-state index in [2.05, 4.69) is 10.6 Å². The van der Waals surface area contributed by atoms with E-state index < -0.39 is 6.10 Å². The van der Waals surface area contributed by atoms with Gasteiger partial charge in [0.2, 0.25) is 5.91 Å². The second-order valence-electron chi connectivity index (χ2n) is 6.47. The predicted molar refractivity (Wildman–Crippen MR) is 92.0 cm³/mol. The van der Waals surface area contributed by atoms with Crippen LogP contribution in [0, 0.1) is 5.41 Å². The standard InChI is InChI=1S/C18H26N2O3/c1-13(21)11-18(2,3)12-20-16(22)10-7-14-5-8-15(9-6-14)17(23)19-4/h5-10,13,21H,11-12H2,1-4H3,(H,19,23)(H,20,22). The van der Waals surface area contributed by atoms with Gasteiger partial charge < -0.3 is 15.7 Å². The zero-order valence-electron chi connectivity index (χ0n) is 14.2. The Kier molecular flexibility index (Phi) is 6.97. The van der Waals surface area contributed by atoms with E-state index in [-0.39, 0.29) is 17.2 Å². The fourth-order valence-corrected chi connectivity index (χ4v) is 2.32. The number of nitrogens with one attached hydrogen (secondary N) is 2. The van der Waals surface area contributed by atoms with Gasteiger partial charge in [0.1, 0.15) is 0 Å². The fourth-order valence-electron chi connectivity index (χ4n) is 2.32. The molecule has 5 nitrogen and oxygen atoms in total. The second kappa shape index (κ2) is 8.48. The van der Waals surface area contributed by atoms with Gasteiger partial charge in [0.15, 0.2) is 0 Å². The average molecular weight is 318 g/mol. The van der Waals surface area contributed by atoms with Crippen LogP contribution in [-0.2, 0) is 4.79 Å². The molecule has 0 bridgehead atoms. The van der Waals surface area contributed by atoms with Gasteiger partial charge in [-0.05, 0) is 42.5 Å². The zero-order valence-corrected chi connectivity index (χ0v) is 14.2. The summed E-state index contributed by atoms with van der Waals surface area (Å²) in [5.41, 5.74) is 1.26. The lowest BCUT2D eigenvalue weighted by atomic mass is 9.87. The Morgan fingerprint density at radius 2 is 1.87 bits per heavy atom. The van der Waals surface area contributed by atoms with Crippen molar-refractivity contribution < 1.29 is 14.7 Å². The second-order valence-corrected chi connectivity index (χ2v) is 6.47. The van der Waals surface area contributed by atoms with Crippen LogP contribution in [0.4, 0.5) is 0 Å². The van der Waals surface area contributed by atoms with Crippen LogP contribution in [0.5, 0.6) is 0 Å². The molecule has 0 aliphatic carbocycles. The van der Waals surface area contributed by atoms with Crippen LogP contribution in [0.3, 0.4) is 0 Å². The Labute approximate surface area is 137 Å². The summed E-state index contributed by atoms with van der Waals surface area (Å²) in [5.74, 6) is -0.322. The third-order valence-corrected chi connectivity index (χ3v) is 3.42. The molecule has 1 unspecified atom stereocenters. The van der Waals surface area contributed by atoms with Crippen molar-refractivity contribution in [2.75, 3.05) is 13.6 Å². The van der Waals surface area contributed by atoms with Crippen molar-refractivity contribution in [2.24, 2.45) is 5.41 Å². The molecule has 5 heteroatoms. The predicted octanol–water partition coefficient (Wildman–Crippen LogP) is 1.97. The quantitative estimate of drug-likeness (QED) is 0.673. The molecule has 0 fully saturated rings. The summed E-state index contributed by atoms with van der Waals surface area (Å²) in [6, 6.07) is 6.99. The minimum atomic E-state index is -0.392. The smallest absolute Gasteiger partial charge is 0.251 e. The van der Waals surface area contributed by atoms with E-state index in [9.17, 15) is 14.7 Å². The number of amides is 2. The largest absolute Gasteiger partial charge is 0.393 e. The molecular formula is C18H26N2O3. The van der Waals surface area contributed by atoms with E-state index in [1.54, 1.807) is 44.3 Å². The molecule has 1 aromatic rings. The molecule has 0 saturated heterocycles. The van der Waals surface area contributed by atoms with E-state index in [0.29, 0.717) is 18.5 Å². The Morgan fingerprint density at radius 3 is 2.39 bits per heavy atom. The summed E-state index contributed by atoms with van der Waals surface area (Å²) in [5, 5.41) is 14.8. The molecule has 126 valence electrons. The number of benzene rings is 1. The van der Waals surface area contributed by atoms with E-state index >= 15 is 0 Å². The number of rotatable bonds is 7. The molecule has 2 amide bonds. The number of hydrogen-bond acceptors (Lipinski definition) is 3. The lowest BCUT2D eigenvalue weighted by Gasteiger charge is -2.26. The van der Waals surface area contributed by atoms with Crippen molar-refractivity contribution >= 4 is 17.9 Å². The zero-order chi connectivity index (χ0) is 17.5. The van der Waals surface area contributed by atoms with Crippen molar-refractivity contribution in [1.29, 1.82) is 0 Å². The van der Waals surface area contributed by atoms with Crippen LogP contribution in [0.1, 0.15) is 43.1 Å². The highest BCUT2D eigenvalue weighted by Gasteiger charge is 2.20. The topological polar surface area (TPSA) is 78.4 Å². The molecule has 23 heavy (non-hydrogen) atoms. The number of aliphatic hydroxyl groups is 1. The van der Waals surface area contributed by atoms with E-state index in [1.165, 1.54) is 6.08 Å². The van der Waals surface area contributed by atoms with Gasteiger partial charge in [0.25, 0.3) is 5.91 Å². The molecule has 0 aromatic heterocycles. The van der Waals surface area contributed by atoms with Crippen LogP contribution in [-0.4, -0.2) is 36.6 Å². The van der Waals surface area contributed by atoms with Crippen LogP contribution in [0.15, 0.2) is 30.3 Å². The molecule has 1 rings (SSSR count). The van der Waals surface area contributed by atoms with Gasteiger partial charge in [-0.3, -0.25) is 9.59 Å². The Morgan fingerprint density at radius 1 is 1.26 bits per heavy atom. The van der Waals surface area contributed by atoms with Gasteiger partial charge in [0, 0.05) is 25.2 Å². The SMILES string of the molecule is CNC(=O)c1ccc(C=CC(=O)NCC(C)(C)CC(C)O)cc1. The van der Waals surface area contributed by atoms with E-state index in [4.69, 9.17) is 0 Å². The monoisotopic (exact) mass is 318 g/mol. The fraction of sp³-hybridized carbons (Fsp3) is 0.444. The molecule has 3 N–H and O–H groups in total. The Bertz CT molecular complexity index is 560. The highest BCUT2D eigenvalue weighted by molar-refractivity contribution is 5.94. The number of carbonyl (C=O) groups is 2. The minimum absolute atomic E-state index is 0.140. The Balaban J connectivity index is 2.53. The summed E-state index contributed by atoms with van der Waals surface area (Å²) in [6.07, 6.45) is 3.40. The summed E-state index contributed by atoms with van der Waals surface area (Å²) < 4.78 is 0. The van der Waals surface area contributed by atoms with Crippen molar-refractivity contribution in [2.45, 2.75) is 33.3 Å². The normalized spacial score (nSPS) is 12.9. The molecule has 1 atom stereocenters. The van der Waals surface area contributed by atoms with Gasteiger partial charge in [0.05, 0.1) is 6.10 Å². The molecule has 0 saturated carbocycles. The maximum absolute atomic E-state index is 11.8. The molecule has 0 spiro atoms. The van der Waals surface area contributed by atoms with Gasteiger partial charge in [-0.15, -0.1) is 0 Å². The van der Waals surface area contributed by atoms with Crippen LogP contribution in [0.25, 0.3) is 6.08 Å². The third-order valence-electron chi connectivity index (χ3n) is 3.42. The van der Waals surface area contributed by atoms with Crippen molar-refractivity contribution in [3.05, 3.63) is 41.5 Å².